The molecule has 0 aliphatic heterocycles. The Bertz CT molecular complexity index is 455. The van der Waals surface area contributed by atoms with E-state index in [1.807, 2.05) is 6.07 Å². The molecular formula is C15H14S. The summed E-state index contributed by atoms with van der Waals surface area (Å²) in [6.07, 6.45) is 6.36. The summed E-state index contributed by atoms with van der Waals surface area (Å²) in [5.74, 6) is 0. The second kappa shape index (κ2) is 5.57. The third kappa shape index (κ3) is 3.01. The van der Waals surface area contributed by atoms with Gasteiger partial charge in [-0.05, 0) is 29.5 Å². The minimum atomic E-state index is 1.23. The number of hydrogen-bond donors (Lipinski definition) is 0. The van der Waals surface area contributed by atoms with Gasteiger partial charge in [-0.3, -0.25) is 0 Å². The first-order valence-electron chi connectivity index (χ1n) is 5.26. The lowest BCUT2D eigenvalue weighted by molar-refractivity contribution is 1.45. The molecule has 0 unspecified atom stereocenters. The van der Waals surface area contributed by atoms with Gasteiger partial charge in [-0.15, -0.1) is 11.8 Å². The first-order valence-corrected chi connectivity index (χ1v) is 6.48. The van der Waals surface area contributed by atoms with Crippen LogP contribution < -0.4 is 0 Å². The molecule has 16 heavy (non-hydrogen) atoms. The van der Waals surface area contributed by atoms with Gasteiger partial charge in [-0.2, -0.15) is 0 Å². The van der Waals surface area contributed by atoms with Gasteiger partial charge in [0.1, 0.15) is 0 Å². The summed E-state index contributed by atoms with van der Waals surface area (Å²) in [6.45, 7) is 0. The quantitative estimate of drug-likeness (QED) is 0.545. The van der Waals surface area contributed by atoms with E-state index in [1.165, 1.54) is 16.0 Å². The normalized spacial score (nSPS) is 10.8. The second-order valence-electron chi connectivity index (χ2n) is 3.52. The van der Waals surface area contributed by atoms with Crippen LogP contribution in [0.15, 0.2) is 59.5 Å². The van der Waals surface area contributed by atoms with Gasteiger partial charge in [0.2, 0.25) is 0 Å². The van der Waals surface area contributed by atoms with Crippen molar-refractivity contribution in [3.05, 3.63) is 65.7 Å². The molecule has 0 saturated carbocycles. The van der Waals surface area contributed by atoms with Crippen molar-refractivity contribution in [2.75, 3.05) is 6.26 Å². The summed E-state index contributed by atoms with van der Waals surface area (Å²) in [4.78, 5) is 1.30. The molecule has 80 valence electrons. The lowest BCUT2D eigenvalue weighted by atomic mass is 10.1. The minimum Gasteiger partial charge on any atom is -0.130 e. The topological polar surface area (TPSA) is 0 Å². The standard InChI is InChI=1S/C15H14S/c1-16-15-11-9-14(10-12-15)8-7-13-5-3-2-4-6-13/h2-12H,1H3/b8-7+. The molecule has 0 aliphatic rings. The first kappa shape index (κ1) is 11.0. The van der Waals surface area contributed by atoms with E-state index in [0.717, 1.165) is 0 Å². The fourth-order valence-corrected chi connectivity index (χ4v) is 1.88. The Morgan fingerprint density at radius 3 is 1.88 bits per heavy atom. The maximum absolute atomic E-state index is 2.15. The molecule has 0 heterocycles. The van der Waals surface area contributed by atoms with Gasteiger partial charge >= 0.3 is 0 Å². The van der Waals surface area contributed by atoms with Crippen molar-refractivity contribution in [3.63, 3.8) is 0 Å². The fourth-order valence-electron chi connectivity index (χ4n) is 1.47. The van der Waals surface area contributed by atoms with E-state index in [9.17, 15) is 0 Å². The van der Waals surface area contributed by atoms with Crippen molar-refractivity contribution < 1.29 is 0 Å². The van der Waals surface area contributed by atoms with Gasteiger partial charge in [-0.25, -0.2) is 0 Å². The molecule has 0 nitrogen and oxygen atoms in total. The van der Waals surface area contributed by atoms with Crippen LogP contribution in [0.1, 0.15) is 11.1 Å². The van der Waals surface area contributed by atoms with Gasteiger partial charge in [0.05, 0.1) is 0 Å². The Hall–Kier alpha value is -1.47. The summed E-state index contributed by atoms with van der Waals surface area (Å²) >= 11 is 1.77. The van der Waals surface area contributed by atoms with Crippen molar-refractivity contribution >= 4 is 23.9 Å². The lowest BCUT2D eigenvalue weighted by Gasteiger charge is -1.97. The Morgan fingerprint density at radius 2 is 1.31 bits per heavy atom. The van der Waals surface area contributed by atoms with Crippen molar-refractivity contribution in [1.82, 2.24) is 0 Å². The zero-order valence-electron chi connectivity index (χ0n) is 9.26. The van der Waals surface area contributed by atoms with E-state index in [2.05, 4.69) is 66.9 Å². The van der Waals surface area contributed by atoms with E-state index in [1.54, 1.807) is 11.8 Å². The highest BCUT2D eigenvalue weighted by atomic mass is 32.2. The van der Waals surface area contributed by atoms with Crippen molar-refractivity contribution in [2.45, 2.75) is 4.90 Å². The maximum atomic E-state index is 2.15. The highest BCUT2D eigenvalue weighted by Gasteiger charge is 1.89. The molecule has 0 bridgehead atoms. The summed E-state index contributed by atoms with van der Waals surface area (Å²) in [7, 11) is 0. The molecular weight excluding hydrogens is 212 g/mol. The molecule has 0 spiro atoms. The average Bonchev–Trinajstić information content (AvgIpc) is 2.38. The molecule has 0 saturated heterocycles. The van der Waals surface area contributed by atoms with Gasteiger partial charge in [-0.1, -0.05) is 54.6 Å². The zero-order valence-corrected chi connectivity index (χ0v) is 10.1. The van der Waals surface area contributed by atoms with E-state index in [0.29, 0.717) is 0 Å². The molecule has 1 heteroatoms. The molecule has 2 aromatic carbocycles. The largest absolute Gasteiger partial charge is 0.130 e. The third-order valence-electron chi connectivity index (χ3n) is 2.38. The predicted octanol–water partition coefficient (Wildman–Crippen LogP) is 4.58. The number of rotatable bonds is 3. The van der Waals surface area contributed by atoms with Crippen LogP contribution in [0, 0.1) is 0 Å². The molecule has 0 radical (unpaired) electrons. The first-order chi connectivity index (χ1) is 7.88. The Morgan fingerprint density at radius 1 is 0.750 bits per heavy atom. The number of thioether (sulfide) groups is 1. The monoisotopic (exact) mass is 226 g/mol. The molecule has 2 aromatic rings. The maximum Gasteiger partial charge on any atom is 0.00695 e. The van der Waals surface area contributed by atoms with E-state index in [4.69, 9.17) is 0 Å². The highest BCUT2D eigenvalue weighted by molar-refractivity contribution is 7.98. The number of benzene rings is 2. The van der Waals surface area contributed by atoms with Gasteiger partial charge < -0.3 is 0 Å². The molecule has 0 aliphatic carbocycles. The Kier molecular flexibility index (Phi) is 3.84. The third-order valence-corrected chi connectivity index (χ3v) is 3.13. The second-order valence-corrected chi connectivity index (χ2v) is 4.40. The van der Waals surface area contributed by atoms with Crippen LogP contribution >= 0.6 is 11.8 Å². The zero-order chi connectivity index (χ0) is 11.2. The van der Waals surface area contributed by atoms with Crippen LogP contribution in [-0.4, -0.2) is 6.26 Å². The highest BCUT2D eigenvalue weighted by Crippen LogP contribution is 2.16. The van der Waals surface area contributed by atoms with Crippen molar-refractivity contribution in [3.8, 4) is 0 Å². The van der Waals surface area contributed by atoms with E-state index < -0.39 is 0 Å². The summed E-state index contributed by atoms with van der Waals surface area (Å²) < 4.78 is 0. The summed E-state index contributed by atoms with van der Waals surface area (Å²) in [5.41, 5.74) is 2.47. The van der Waals surface area contributed by atoms with Crippen molar-refractivity contribution in [1.29, 1.82) is 0 Å². The van der Waals surface area contributed by atoms with E-state index >= 15 is 0 Å². The van der Waals surface area contributed by atoms with Crippen LogP contribution in [-0.2, 0) is 0 Å². The lowest BCUT2D eigenvalue weighted by Crippen LogP contribution is -1.73. The van der Waals surface area contributed by atoms with Crippen LogP contribution in [0.4, 0.5) is 0 Å². The molecule has 2 rings (SSSR count). The van der Waals surface area contributed by atoms with Gasteiger partial charge in [0.15, 0.2) is 0 Å². The van der Waals surface area contributed by atoms with Crippen LogP contribution in [0.3, 0.4) is 0 Å². The summed E-state index contributed by atoms with van der Waals surface area (Å²) in [5, 5.41) is 0. The average molecular weight is 226 g/mol. The minimum absolute atomic E-state index is 1.23. The Labute approximate surface area is 101 Å². The molecule has 0 aromatic heterocycles. The van der Waals surface area contributed by atoms with Crippen LogP contribution in [0.2, 0.25) is 0 Å². The van der Waals surface area contributed by atoms with Gasteiger partial charge in [0, 0.05) is 4.90 Å². The van der Waals surface area contributed by atoms with Gasteiger partial charge in [0.25, 0.3) is 0 Å². The molecule has 0 amide bonds. The fraction of sp³-hybridized carbons (Fsp3) is 0.0667. The Balaban J connectivity index is 2.12. The van der Waals surface area contributed by atoms with Crippen LogP contribution in [0.5, 0.6) is 0 Å². The summed E-state index contributed by atoms with van der Waals surface area (Å²) in [6, 6.07) is 18.9. The molecule has 0 N–H and O–H groups in total. The predicted molar refractivity (Wildman–Crippen MR) is 73.6 cm³/mol. The van der Waals surface area contributed by atoms with E-state index in [-0.39, 0.29) is 0 Å². The van der Waals surface area contributed by atoms with Crippen molar-refractivity contribution in [2.24, 2.45) is 0 Å². The smallest absolute Gasteiger partial charge is 0.00695 e. The molecule has 0 atom stereocenters. The SMILES string of the molecule is CSc1ccc(/C=C/c2ccccc2)cc1. The number of hydrogen-bond acceptors (Lipinski definition) is 1. The molecule has 0 fully saturated rings. The van der Waals surface area contributed by atoms with Crippen LogP contribution in [0.25, 0.3) is 12.2 Å².